The van der Waals surface area contributed by atoms with Gasteiger partial charge < -0.3 is 11.1 Å². The van der Waals surface area contributed by atoms with E-state index in [4.69, 9.17) is 5.73 Å². The molecule has 0 aliphatic carbocycles. The van der Waals surface area contributed by atoms with Crippen LogP contribution in [0.15, 0.2) is 18.2 Å². The first kappa shape index (κ1) is 18.8. The maximum Gasteiger partial charge on any atom is 0.277 e. The Hall–Kier alpha value is -1.20. The van der Waals surface area contributed by atoms with E-state index in [2.05, 4.69) is 5.32 Å². The highest BCUT2D eigenvalue weighted by molar-refractivity contribution is 5.85. The predicted molar refractivity (Wildman–Crippen MR) is 78.5 cm³/mol. The van der Waals surface area contributed by atoms with Crippen molar-refractivity contribution in [2.75, 3.05) is 13.1 Å². The van der Waals surface area contributed by atoms with E-state index in [1.165, 1.54) is 0 Å². The average molecular weight is 307 g/mol. The van der Waals surface area contributed by atoms with Crippen molar-refractivity contribution in [2.24, 2.45) is 5.73 Å². The molecule has 1 amide bonds. The van der Waals surface area contributed by atoms with Crippen molar-refractivity contribution < 1.29 is 13.6 Å². The zero-order valence-electron chi connectivity index (χ0n) is 11.7. The highest BCUT2D eigenvalue weighted by atomic mass is 35.5. The van der Waals surface area contributed by atoms with Crippen molar-refractivity contribution in [3.8, 4) is 0 Å². The number of rotatable bonds is 6. The van der Waals surface area contributed by atoms with Gasteiger partial charge in [-0.15, -0.1) is 12.4 Å². The largest absolute Gasteiger partial charge is 0.350 e. The van der Waals surface area contributed by atoms with Gasteiger partial charge in [-0.1, -0.05) is 23.8 Å². The monoisotopic (exact) mass is 306 g/mol. The first-order valence-electron chi connectivity index (χ1n) is 6.25. The lowest BCUT2D eigenvalue weighted by atomic mass is 10.0. The molecule has 0 fully saturated rings. The van der Waals surface area contributed by atoms with Crippen LogP contribution in [0, 0.1) is 13.8 Å². The minimum atomic E-state index is -3.03. The predicted octanol–water partition coefficient (Wildman–Crippen LogP) is 2.37. The molecule has 0 aromatic heterocycles. The van der Waals surface area contributed by atoms with Crippen LogP contribution in [0.25, 0.3) is 0 Å². The van der Waals surface area contributed by atoms with E-state index in [1.807, 2.05) is 32.0 Å². The van der Waals surface area contributed by atoms with Gasteiger partial charge in [-0.25, -0.2) is 8.78 Å². The van der Waals surface area contributed by atoms with Crippen molar-refractivity contribution in [3.05, 3.63) is 34.9 Å². The molecule has 0 saturated carbocycles. The molecular weight excluding hydrogens is 286 g/mol. The smallest absolute Gasteiger partial charge is 0.277 e. The summed E-state index contributed by atoms with van der Waals surface area (Å²) in [5, 5.41) is 2.21. The molecule has 3 N–H and O–H groups in total. The van der Waals surface area contributed by atoms with Gasteiger partial charge in [-0.2, -0.15) is 0 Å². The number of alkyl halides is 2. The SMILES string of the molecule is Cc1ccc(CCC(=O)NCC(F)(F)CN)c(C)c1.Cl. The molecule has 1 aromatic rings. The maximum absolute atomic E-state index is 12.8. The summed E-state index contributed by atoms with van der Waals surface area (Å²) in [5.41, 5.74) is 8.22. The second-order valence-corrected chi connectivity index (χ2v) is 4.77. The van der Waals surface area contributed by atoms with E-state index >= 15 is 0 Å². The molecule has 0 atom stereocenters. The maximum atomic E-state index is 12.8. The molecule has 0 radical (unpaired) electrons. The van der Waals surface area contributed by atoms with E-state index in [1.54, 1.807) is 0 Å². The summed E-state index contributed by atoms with van der Waals surface area (Å²) in [7, 11) is 0. The third-order valence-electron chi connectivity index (χ3n) is 2.96. The molecule has 0 saturated heterocycles. The van der Waals surface area contributed by atoms with Crippen LogP contribution in [-0.4, -0.2) is 24.9 Å². The Morgan fingerprint density at radius 1 is 1.35 bits per heavy atom. The molecule has 6 heteroatoms. The quantitative estimate of drug-likeness (QED) is 0.848. The Labute approximate surface area is 124 Å². The Balaban J connectivity index is 0.00000361. The van der Waals surface area contributed by atoms with Crippen molar-refractivity contribution in [2.45, 2.75) is 32.6 Å². The fourth-order valence-corrected chi connectivity index (χ4v) is 1.76. The highest BCUT2D eigenvalue weighted by Gasteiger charge is 2.26. The summed E-state index contributed by atoms with van der Waals surface area (Å²) in [6, 6.07) is 5.98. The second kappa shape index (κ2) is 8.17. The van der Waals surface area contributed by atoms with Crippen LogP contribution in [0.3, 0.4) is 0 Å². The number of aryl methyl sites for hydroxylation is 3. The normalized spacial score (nSPS) is 10.8. The van der Waals surface area contributed by atoms with E-state index < -0.39 is 19.0 Å². The molecule has 0 spiro atoms. The lowest BCUT2D eigenvalue weighted by Gasteiger charge is -2.14. The highest BCUT2D eigenvalue weighted by Crippen LogP contribution is 2.13. The first-order valence-corrected chi connectivity index (χ1v) is 6.25. The number of carbonyl (C=O) groups is 1. The van der Waals surface area contributed by atoms with Crippen LogP contribution in [0.1, 0.15) is 23.1 Å². The summed E-state index contributed by atoms with van der Waals surface area (Å²) in [6.07, 6.45) is 0.747. The molecule has 0 aliphatic rings. The Morgan fingerprint density at radius 2 is 2.00 bits per heavy atom. The lowest BCUT2D eigenvalue weighted by molar-refractivity contribution is -0.122. The first-order chi connectivity index (χ1) is 8.84. The van der Waals surface area contributed by atoms with Crippen LogP contribution in [0.2, 0.25) is 0 Å². The summed E-state index contributed by atoms with van der Waals surface area (Å²) in [5.74, 6) is -3.41. The molecule has 0 unspecified atom stereocenters. The van der Waals surface area contributed by atoms with Gasteiger partial charge in [0.2, 0.25) is 5.91 Å². The minimum absolute atomic E-state index is 0. The van der Waals surface area contributed by atoms with Crippen molar-refractivity contribution in [3.63, 3.8) is 0 Å². The number of amides is 1. The van der Waals surface area contributed by atoms with Crippen LogP contribution in [0.5, 0.6) is 0 Å². The molecule has 0 bridgehead atoms. The minimum Gasteiger partial charge on any atom is -0.350 e. The van der Waals surface area contributed by atoms with Gasteiger partial charge >= 0.3 is 0 Å². The van der Waals surface area contributed by atoms with E-state index in [0.29, 0.717) is 6.42 Å². The Kier molecular flexibility index (Phi) is 7.68. The molecule has 20 heavy (non-hydrogen) atoms. The molecule has 0 aliphatic heterocycles. The number of hydrogen-bond donors (Lipinski definition) is 2. The Bertz CT molecular complexity index is 453. The summed E-state index contributed by atoms with van der Waals surface area (Å²) in [6.45, 7) is 2.51. The summed E-state index contributed by atoms with van der Waals surface area (Å²) >= 11 is 0. The Morgan fingerprint density at radius 3 is 2.55 bits per heavy atom. The molecule has 0 heterocycles. The van der Waals surface area contributed by atoms with Crippen molar-refractivity contribution in [1.29, 1.82) is 0 Å². The lowest BCUT2D eigenvalue weighted by Crippen LogP contribution is -2.41. The van der Waals surface area contributed by atoms with Crippen LogP contribution >= 0.6 is 12.4 Å². The van der Waals surface area contributed by atoms with Gasteiger partial charge in [0.05, 0.1) is 13.1 Å². The van der Waals surface area contributed by atoms with E-state index in [0.717, 1.165) is 16.7 Å². The summed E-state index contributed by atoms with van der Waals surface area (Å²) in [4.78, 5) is 11.5. The van der Waals surface area contributed by atoms with Gasteiger partial charge in [0.25, 0.3) is 5.92 Å². The molecule has 1 rings (SSSR count). The molecular formula is C14H21ClF2N2O. The van der Waals surface area contributed by atoms with Crippen molar-refractivity contribution >= 4 is 18.3 Å². The van der Waals surface area contributed by atoms with Gasteiger partial charge in [0.15, 0.2) is 0 Å². The number of nitrogens with one attached hydrogen (secondary N) is 1. The van der Waals surface area contributed by atoms with Crippen LogP contribution < -0.4 is 11.1 Å². The zero-order chi connectivity index (χ0) is 14.5. The molecule has 3 nitrogen and oxygen atoms in total. The topological polar surface area (TPSA) is 55.1 Å². The standard InChI is InChI=1S/C14H20F2N2O.ClH/c1-10-3-4-12(11(2)7-10)5-6-13(19)18-9-14(15,16)8-17;/h3-4,7H,5-6,8-9,17H2,1-2H3,(H,18,19);1H. The number of carbonyl (C=O) groups excluding carboxylic acids is 1. The fourth-order valence-electron chi connectivity index (χ4n) is 1.76. The number of benzene rings is 1. The number of halogens is 3. The van der Waals surface area contributed by atoms with Crippen LogP contribution in [-0.2, 0) is 11.2 Å². The van der Waals surface area contributed by atoms with E-state index in [9.17, 15) is 13.6 Å². The van der Waals surface area contributed by atoms with Gasteiger partial charge in [0, 0.05) is 6.42 Å². The molecule has 1 aromatic carbocycles. The number of hydrogen-bond acceptors (Lipinski definition) is 2. The third kappa shape index (κ3) is 6.30. The van der Waals surface area contributed by atoms with Gasteiger partial charge in [-0.3, -0.25) is 4.79 Å². The molecule has 114 valence electrons. The second-order valence-electron chi connectivity index (χ2n) is 4.77. The third-order valence-corrected chi connectivity index (χ3v) is 2.96. The summed E-state index contributed by atoms with van der Waals surface area (Å²) < 4.78 is 25.7. The van der Waals surface area contributed by atoms with Gasteiger partial charge in [0.1, 0.15) is 0 Å². The zero-order valence-corrected chi connectivity index (χ0v) is 12.5. The average Bonchev–Trinajstić information content (AvgIpc) is 2.35. The van der Waals surface area contributed by atoms with Gasteiger partial charge in [-0.05, 0) is 31.4 Å². The van der Waals surface area contributed by atoms with Crippen molar-refractivity contribution in [1.82, 2.24) is 5.32 Å². The van der Waals surface area contributed by atoms with E-state index in [-0.39, 0.29) is 24.7 Å². The fraction of sp³-hybridized carbons (Fsp3) is 0.500. The van der Waals surface area contributed by atoms with Crippen LogP contribution in [0.4, 0.5) is 8.78 Å². The number of nitrogens with two attached hydrogens (primary N) is 1.